The van der Waals surface area contributed by atoms with Crippen LogP contribution in [0.15, 0.2) is 42.6 Å². The Morgan fingerprint density at radius 2 is 1.22 bits per heavy atom. The Bertz CT molecular complexity index is 814. The SMILES string of the molecule is CCCCc1cn(Cc2ccccc2)c(CCCC)c[c]1=[Cr].[C-]#[O+].[C-]#[O+].[C-]#[O+].[C-]#[O+].[C-]#[O+]. The van der Waals surface area contributed by atoms with E-state index in [1.165, 1.54) is 53.0 Å². The number of aryl methyl sites for hydroxylation is 2. The van der Waals surface area contributed by atoms with Crippen LogP contribution in [0.4, 0.5) is 0 Å². The summed E-state index contributed by atoms with van der Waals surface area (Å²) in [6.07, 6.45) is 9.70. The molecular weight excluding hydrogens is 446 g/mol. The molecule has 7 heteroatoms. The van der Waals surface area contributed by atoms with Gasteiger partial charge in [0.05, 0.1) is 0 Å². The molecule has 0 saturated carbocycles. The third kappa shape index (κ3) is 17.3. The number of nitrogens with zero attached hydrogens (tertiary/aromatic N) is 1. The van der Waals surface area contributed by atoms with Crippen molar-refractivity contribution in [2.75, 3.05) is 0 Å². The summed E-state index contributed by atoms with van der Waals surface area (Å²) < 4.78 is 41.3. The predicted molar refractivity (Wildman–Crippen MR) is 110 cm³/mol. The second-order valence-electron chi connectivity index (χ2n) is 5.97. The van der Waals surface area contributed by atoms with Gasteiger partial charge in [0.25, 0.3) is 0 Å². The van der Waals surface area contributed by atoms with Crippen molar-refractivity contribution in [2.45, 2.75) is 58.9 Å². The molecule has 0 aliphatic rings. The molecule has 32 heavy (non-hydrogen) atoms. The van der Waals surface area contributed by atoms with E-state index in [9.17, 15) is 0 Å². The fourth-order valence-electron chi connectivity index (χ4n) is 2.72. The van der Waals surface area contributed by atoms with E-state index in [2.05, 4.69) is 110 Å². The van der Waals surface area contributed by atoms with Gasteiger partial charge in [0.15, 0.2) is 0 Å². The maximum atomic E-state index is 7.50. The van der Waals surface area contributed by atoms with E-state index < -0.39 is 0 Å². The van der Waals surface area contributed by atoms with Crippen LogP contribution in [-0.4, -0.2) is 4.57 Å². The Balaban J connectivity index is -0.000000345. The molecule has 1 aromatic heterocycles. The van der Waals surface area contributed by atoms with Crippen molar-refractivity contribution in [2.24, 2.45) is 0 Å². The molecule has 0 radical (unpaired) electrons. The van der Waals surface area contributed by atoms with E-state index in [1.54, 1.807) is 0 Å². The van der Waals surface area contributed by atoms with E-state index in [0.29, 0.717) is 0 Å². The first kappa shape index (κ1) is 36.9. The molecule has 0 atom stereocenters. The quantitative estimate of drug-likeness (QED) is 0.375. The molecule has 168 valence electrons. The zero-order valence-corrected chi connectivity index (χ0v) is 19.7. The van der Waals surface area contributed by atoms with Gasteiger partial charge in [0, 0.05) is 0 Å². The average molecular weight is 473 g/mol. The Labute approximate surface area is 199 Å². The first-order valence-corrected chi connectivity index (χ1v) is 10.2. The number of benzene rings is 1. The van der Waals surface area contributed by atoms with Gasteiger partial charge >= 0.3 is 199 Å². The van der Waals surface area contributed by atoms with Crippen LogP contribution in [0.1, 0.15) is 56.4 Å². The minimum atomic E-state index is 0.972. The molecule has 6 nitrogen and oxygen atoms in total. The van der Waals surface area contributed by atoms with Gasteiger partial charge in [-0.1, -0.05) is 0 Å². The van der Waals surface area contributed by atoms with Gasteiger partial charge in [-0.25, -0.2) is 0 Å². The molecule has 0 fully saturated rings. The van der Waals surface area contributed by atoms with Gasteiger partial charge in [-0.3, -0.25) is 0 Å². The molecular formula is C25H27CrNO5. The molecule has 0 N–H and O–H groups in total. The van der Waals surface area contributed by atoms with Crippen LogP contribution in [0.5, 0.6) is 0 Å². The molecule has 0 bridgehead atoms. The fourth-order valence-corrected chi connectivity index (χ4v) is 3.17. The summed E-state index contributed by atoms with van der Waals surface area (Å²) in [5.41, 5.74) is 4.28. The summed E-state index contributed by atoms with van der Waals surface area (Å²) in [4.78, 5) is 0. The molecule has 0 aliphatic heterocycles. The van der Waals surface area contributed by atoms with Crippen molar-refractivity contribution >= 4 is 0 Å². The average Bonchev–Trinajstić information content (AvgIpc) is 2.89. The number of pyridine rings is 1. The summed E-state index contributed by atoms with van der Waals surface area (Å²) in [7, 11) is 0. The molecule has 0 aliphatic carbocycles. The van der Waals surface area contributed by atoms with Crippen molar-refractivity contribution < 1.29 is 39.1 Å². The van der Waals surface area contributed by atoms with E-state index in [4.69, 9.17) is 23.3 Å². The minimum absolute atomic E-state index is 0.972. The summed E-state index contributed by atoms with van der Waals surface area (Å²) >= 11 is 3.27. The van der Waals surface area contributed by atoms with E-state index >= 15 is 0 Å². The second kappa shape index (κ2) is 30.8. The monoisotopic (exact) mass is 473 g/mol. The van der Waals surface area contributed by atoms with Crippen molar-refractivity contribution in [1.82, 2.24) is 4.57 Å². The van der Waals surface area contributed by atoms with Crippen molar-refractivity contribution in [3.05, 3.63) is 96.7 Å². The Kier molecular flexibility index (Phi) is 35.6. The number of hydrogen-bond acceptors (Lipinski definition) is 0. The second-order valence-corrected chi connectivity index (χ2v) is 6.66. The third-order valence-electron chi connectivity index (χ3n) is 4.08. The Morgan fingerprint density at radius 1 is 0.750 bits per heavy atom. The van der Waals surface area contributed by atoms with Crippen LogP contribution in [0.25, 0.3) is 0 Å². The van der Waals surface area contributed by atoms with E-state index in [-0.39, 0.29) is 0 Å². The molecule has 1 aromatic carbocycles. The van der Waals surface area contributed by atoms with Crippen molar-refractivity contribution in [3.63, 3.8) is 0 Å². The Hall–Kier alpha value is -2.40. The predicted octanol–water partition coefficient (Wildman–Crippen LogP) is 5.11. The number of aromatic nitrogens is 1. The van der Waals surface area contributed by atoms with Crippen LogP contribution in [0.2, 0.25) is 0 Å². The molecule has 0 spiro atoms. The maximum absolute atomic E-state index is 7.50. The zero-order valence-electron chi connectivity index (χ0n) is 18.4. The van der Waals surface area contributed by atoms with Gasteiger partial charge in [-0.05, 0) is 0 Å². The molecule has 2 aromatic rings. The molecule has 1 heterocycles. The summed E-state index contributed by atoms with van der Waals surface area (Å²) in [6.45, 7) is 28.0. The van der Waals surface area contributed by atoms with Gasteiger partial charge in [-0.2, -0.15) is 0 Å². The first-order chi connectivity index (χ1) is 15.7. The van der Waals surface area contributed by atoms with Crippen LogP contribution < -0.4 is 0 Å². The van der Waals surface area contributed by atoms with Crippen molar-refractivity contribution in [3.8, 4) is 0 Å². The van der Waals surface area contributed by atoms with Crippen molar-refractivity contribution in [1.29, 1.82) is 0 Å². The first-order valence-electron chi connectivity index (χ1n) is 9.52. The number of hydrogen-bond donors (Lipinski definition) is 0. The number of rotatable bonds is 8. The molecule has 0 saturated heterocycles. The van der Waals surface area contributed by atoms with Gasteiger partial charge in [-0.15, -0.1) is 0 Å². The molecule has 0 amide bonds. The zero-order chi connectivity index (χ0) is 25.8. The van der Waals surface area contributed by atoms with Gasteiger partial charge < -0.3 is 0 Å². The summed E-state index contributed by atoms with van der Waals surface area (Å²) in [6, 6.07) is 13.1. The van der Waals surface area contributed by atoms with Crippen LogP contribution in [-0.2, 0) is 58.5 Å². The standard InChI is InChI=1S/C20H27N.5CO.Cr/c1-3-5-10-19-14-15-20(13-6-4-2)21(17-19)16-18-11-8-7-9-12-18;5*1-2;/h7-9,11-12,15,17H,3-6,10,13,16H2,1-2H3;;;;;;. The molecule has 2 rings (SSSR count). The fraction of sp³-hybridized carbons (Fsp3) is 0.360. The normalized spacial score (nSPS) is 7.75. The Morgan fingerprint density at radius 3 is 1.69 bits per heavy atom. The summed E-state index contributed by atoms with van der Waals surface area (Å²) in [5.74, 6) is 0. The van der Waals surface area contributed by atoms with Gasteiger partial charge in [0.2, 0.25) is 0 Å². The van der Waals surface area contributed by atoms with E-state index in [0.717, 1.165) is 13.0 Å². The third-order valence-corrected chi connectivity index (χ3v) is 4.67. The van der Waals surface area contributed by atoms with Crippen LogP contribution in [0, 0.1) is 37.3 Å². The molecule has 0 unspecified atom stereocenters. The van der Waals surface area contributed by atoms with E-state index in [1.807, 2.05) is 0 Å². The topological polar surface area (TPSA) is 104 Å². The van der Waals surface area contributed by atoms with Crippen LogP contribution in [0.3, 0.4) is 0 Å². The summed E-state index contributed by atoms with van der Waals surface area (Å²) in [5, 5.41) is 0. The van der Waals surface area contributed by atoms with Gasteiger partial charge in [0.1, 0.15) is 0 Å². The number of unbranched alkanes of at least 4 members (excludes halogenated alkanes) is 2. The van der Waals surface area contributed by atoms with Crippen LogP contribution >= 0.6 is 0 Å².